The Hall–Kier alpha value is -6.00. The Morgan fingerprint density at radius 1 is 0.130 bits per heavy atom. The molecule has 0 aliphatic carbocycles. The lowest BCUT2D eigenvalue weighted by Crippen LogP contribution is -2.32. The van der Waals surface area contributed by atoms with Crippen LogP contribution < -0.4 is 0 Å². The minimum Gasteiger partial charge on any atom is -0.0677 e. The van der Waals surface area contributed by atoms with E-state index in [1.54, 1.807) is 0 Å². The van der Waals surface area contributed by atoms with E-state index in [4.69, 9.17) is 0 Å². The fraction of sp³-hybridized carbons (Fsp3) is 0.543. The molecule has 0 bridgehead atoms. The minimum absolute atomic E-state index is 0.162. The van der Waals surface area contributed by atoms with Gasteiger partial charge < -0.3 is 0 Å². The standard InChI is InChI=1S/C92H126/c1-79(2,3)61-43-62(80(4,5)6)50-73(49-61)91(74-51-63(81(7,8)9)44-64(52-74)82(10,11)12,75-53-65(83(13,14)15)45-66(54-75)84(16,17)18)41-39-37-38-40-42-92(76-55-67(85(19,20)21)46-68(56-76)86(22,23)24,77-57-69(87(25,26)27)47-70(58-77)88(28,29)30)78-59-71(89(31,32)33)48-72(60-78)90(34,35)36/h43-60H,1-36H3. The third-order valence-electron chi connectivity index (χ3n) is 19.3. The summed E-state index contributed by atoms with van der Waals surface area (Å²) in [6.07, 6.45) is 0. The van der Waals surface area contributed by atoms with Crippen LogP contribution in [0, 0.1) is 35.5 Å². The molecule has 0 nitrogen and oxygen atoms in total. The van der Waals surface area contributed by atoms with Crippen molar-refractivity contribution < 1.29 is 0 Å². The van der Waals surface area contributed by atoms with Crippen molar-refractivity contribution in [3.8, 4) is 35.5 Å². The molecular weight excluding hydrogens is 1110 g/mol. The summed E-state index contributed by atoms with van der Waals surface area (Å²) in [5.41, 5.74) is 18.4. The van der Waals surface area contributed by atoms with Gasteiger partial charge in [-0.05, 0) is 189 Å². The van der Waals surface area contributed by atoms with Crippen LogP contribution in [0.15, 0.2) is 109 Å². The third kappa shape index (κ3) is 16.9. The van der Waals surface area contributed by atoms with Crippen molar-refractivity contribution in [3.05, 3.63) is 209 Å². The van der Waals surface area contributed by atoms with E-state index in [1.807, 2.05) is 0 Å². The smallest absolute Gasteiger partial charge is 0.0677 e. The number of rotatable bonds is 6. The topological polar surface area (TPSA) is 0 Å². The van der Waals surface area contributed by atoms with E-state index < -0.39 is 10.8 Å². The molecule has 0 aliphatic rings. The van der Waals surface area contributed by atoms with Crippen LogP contribution in [-0.4, -0.2) is 0 Å². The Morgan fingerprint density at radius 3 is 0.304 bits per heavy atom. The Labute approximate surface area is 566 Å². The first-order valence-electron chi connectivity index (χ1n) is 34.6. The molecule has 6 aromatic rings. The van der Waals surface area contributed by atoms with Crippen molar-refractivity contribution in [1.82, 2.24) is 0 Å². The molecule has 0 aromatic heterocycles. The maximum Gasteiger partial charge on any atom is 0.107 e. The molecule has 0 amide bonds. The van der Waals surface area contributed by atoms with Gasteiger partial charge in [0.1, 0.15) is 10.8 Å². The van der Waals surface area contributed by atoms with Gasteiger partial charge in [-0.2, -0.15) is 0 Å². The SMILES string of the molecule is CC(C)(C)c1cc(C(C)(C)C)cc(C(C#CC#CC#CC(c2cc(C(C)(C)C)cc(C(C)(C)C)c2)(c2cc(C(C)(C)C)cc(C(C)(C)C)c2)c2cc(C(C)(C)C)cc(C(C)(C)C)c2)(c2cc(C(C)(C)C)cc(C(C)(C)C)c2)c2cc(C(C)(C)C)cc(C(C)(C)C)c2)c1. The molecule has 0 aliphatic heterocycles. The van der Waals surface area contributed by atoms with Crippen LogP contribution >= 0.6 is 0 Å². The second-order valence-electron chi connectivity index (χ2n) is 40.0. The third-order valence-corrected chi connectivity index (χ3v) is 19.3. The van der Waals surface area contributed by atoms with E-state index in [9.17, 15) is 0 Å². The van der Waals surface area contributed by atoms with Crippen LogP contribution in [-0.2, 0) is 75.8 Å². The first kappa shape index (κ1) is 75.0. The van der Waals surface area contributed by atoms with Crippen LogP contribution in [0.3, 0.4) is 0 Å². The van der Waals surface area contributed by atoms with Crippen molar-refractivity contribution in [2.45, 2.75) is 325 Å². The average Bonchev–Trinajstić information content (AvgIpc) is 0.731. The molecule has 0 spiro atoms. The molecule has 0 atom stereocenters. The van der Waals surface area contributed by atoms with Gasteiger partial charge in [-0.3, -0.25) is 0 Å². The van der Waals surface area contributed by atoms with Crippen molar-refractivity contribution in [1.29, 1.82) is 0 Å². The quantitative estimate of drug-likeness (QED) is 0.115. The molecule has 0 heterocycles. The molecule has 0 unspecified atom stereocenters. The van der Waals surface area contributed by atoms with Gasteiger partial charge in [0, 0.05) is 0 Å². The summed E-state index contributed by atoms with van der Waals surface area (Å²) in [6.45, 7) is 84.6. The van der Waals surface area contributed by atoms with E-state index in [-0.39, 0.29) is 65.0 Å². The van der Waals surface area contributed by atoms with Gasteiger partial charge >= 0.3 is 0 Å². The average molecular weight is 1230 g/mol. The maximum atomic E-state index is 4.20. The van der Waals surface area contributed by atoms with Gasteiger partial charge in [-0.1, -0.05) is 370 Å². The highest BCUT2D eigenvalue weighted by Gasteiger charge is 2.43. The van der Waals surface area contributed by atoms with Gasteiger partial charge in [0.15, 0.2) is 0 Å². The molecule has 494 valence electrons. The zero-order valence-corrected chi connectivity index (χ0v) is 65.4. The molecule has 0 fully saturated rings. The number of benzene rings is 6. The summed E-state index contributed by atoms with van der Waals surface area (Å²) in [5.74, 6) is 23.0. The van der Waals surface area contributed by atoms with E-state index >= 15 is 0 Å². The zero-order chi connectivity index (χ0) is 70.4. The summed E-state index contributed by atoms with van der Waals surface area (Å²) in [6, 6.07) is 44.5. The molecule has 6 aromatic carbocycles. The summed E-state index contributed by atoms with van der Waals surface area (Å²) < 4.78 is 0. The molecule has 92 heavy (non-hydrogen) atoms. The number of hydrogen-bond donors (Lipinski definition) is 0. The largest absolute Gasteiger partial charge is 0.107 e. The van der Waals surface area contributed by atoms with E-state index in [0.717, 1.165) is 33.4 Å². The molecule has 0 saturated carbocycles. The van der Waals surface area contributed by atoms with Gasteiger partial charge in [-0.15, -0.1) is 0 Å². The predicted molar refractivity (Wildman–Crippen MR) is 406 cm³/mol. The summed E-state index contributed by atoms with van der Waals surface area (Å²) in [5, 5.41) is 0. The molecule has 6 rings (SSSR count). The Bertz CT molecular complexity index is 3080. The Balaban J connectivity index is 2.01. The number of hydrogen-bond acceptors (Lipinski definition) is 0. The zero-order valence-electron chi connectivity index (χ0n) is 65.4. The highest BCUT2D eigenvalue weighted by atomic mass is 14.4. The van der Waals surface area contributed by atoms with Crippen LogP contribution in [0.2, 0.25) is 0 Å². The normalized spacial score (nSPS) is 13.8. The maximum absolute atomic E-state index is 4.20. The second-order valence-corrected chi connectivity index (χ2v) is 40.0. The first-order valence-corrected chi connectivity index (χ1v) is 34.6. The monoisotopic (exact) mass is 1230 g/mol. The highest BCUT2D eigenvalue weighted by molar-refractivity contribution is 5.67. The molecule has 0 saturated heterocycles. The molecular formula is C92H126. The Kier molecular flexibility index (Phi) is 20.1. The van der Waals surface area contributed by atoms with Crippen LogP contribution in [0.1, 0.15) is 349 Å². The van der Waals surface area contributed by atoms with Crippen LogP contribution in [0.25, 0.3) is 0 Å². The van der Waals surface area contributed by atoms with Crippen LogP contribution in [0.4, 0.5) is 0 Å². The molecule has 0 N–H and O–H groups in total. The van der Waals surface area contributed by atoms with E-state index in [0.29, 0.717) is 0 Å². The molecule has 0 radical (unpaired) electrons. The van der Waals surface area contributed by atoms with Crippen molar-refractivity contribution >= 4 is 0 Å². The van der Waals surface area contributed by atoms with E-state index in [1.165, 1.54) is 66.8 Å². The van der Waals surface area contributed by atoms with Gasteiger partial charge in [0.2, 0.25) is 0 Å². The van der Waals surface area contributed by atoms with Gasteiger partial charge in [0.05, 0.1) is 0 Å². The molecule has 0 heteroatoms. The van der Waals surface area contributed by atoms with E-state index in [2.05, 4.69) is 394 Å². The summed E-state index contributed by atoms with van der Waals surface area (Å²) in [4.78, 5) is 0. The lowest BCUT2D eigenvalue weighted by Gasteiger charge is -2.38. The van der Waals surface area contributed by atoms with Crippen molar-refractivity contribution in [2.75, 3.05) is 0 Å². The minimum atomic E-state index is -1.00. The van der Waals surface area contributed by atoms with Crippen LogP contribution in [0.5, 0.6) is 0 Å². The van der Waals surface area contributed by atoms with Gasteiger partial charge in [-0.25, -0.2) is 0 Å². The highest BCUT2D eigenvalue weighted by Crippen LogP contribution is 2.50. The second kappa shape index (κ2) is 24.6. The van der Waals surface area contributed by atoms with Crippen molar-refractivity contribution in [3.63, 3.8) is 0 Å². The summed E-state index contributed by atoms with van der Waals surface area (Å²) >= 11 is 0. The summed E-state index contributed by atoms with van der Waals surface area (Å²) in [7, 11) is 0. The van der Waals surface area contributed by atoms with Crippen molar-refractivity contribution in [2.24, 2.45) is 0 Å². The predicted octanol–water partition coefficient (Wildman–Crippen LogP) is 24.6. The van der Waals surface area contributed by atoms with Gasteiger partial charge in [0.25, 0.3) is 0 Å². The lowest BCUT2D eigenvalue weighted by molar-refractivity contribution is 0.556. The Morgan fingerprint density at radius 2 is 0.217 bits per heavy atom. The fourth-order valence-corrected chi connectivity index (χ4v) is 12.0. The fourth-order valence-electron chi connectivity index (χ4n) is 12.0. The lowest BCUT2D eigenvalue weighted by atomic mass is 9.64. The first-order chi connectivity index (χ1) is 41.1.